The molecule has 0 spiro atoms. The molecule has 7 heteroatoms. The van der Waals surface area contributed by atoms with Gasteiger partial charge in [0.05, 0.1) is 13.2 Å². The van der Waals surface area contributed by atoms with Crippen molar-refractivity contribution in [3.63, 3.8) is 0 Å². The summed E-state index contributed by atoms with van der Waals surface area (Å²) in [6.07, 6.45) is 6.32. The van der Waals surface area contributed by atoms with Gasteiger partial charge in [-0.2, -0.15) is 0 Å². The van der Waals surface area contributed by atoms with Gasteiger partial charge in [0.15, 0.2) is 0 Å². The van der Waals surface area contributed by atoms with E-state index >= 15 is 0 Å². The summed E-state index contributed by atoms with van der Waals surface area (Å²) < 4.78 is 3.86. The lowest BCUT2D eigenvalue weighted by Gasteiger charge is -2.22. The molecule has 0 saturated heterocycles. The molecule has 0 aromatic heterocycles. The third-order valence-corrected chi connectivity index (χ3v) is 4.62. The molecule has 2 rings (SSSR count). The van der Waals surface area contributed by atoms with Crippen LogP contribution in [0.1, 0.15) is 18.4 Å². The normalized spacial score (nSPS) is 17.8. The Kier molecular flexibility index (Phi) is 7.26. The maximum Gasteiger partial charge on any atom is 0.328 e. The summed E-state index contributed by atoms with van der Waals surface area (Å²) in [6.45, 7) is 0. The monoisotopic (exact) mass is 396 g/mol. The zero-order valence-electron chi connectivity index (χ0n) is 14.5. The lowest BCUT2D eigenvalue weighted by Crippen LogP contribution is -2.49. The number of hydrogen-bond acceptors (Lipinski definition) is 4. The third-order valence-electron chi connectivity index (χ3n) is 4.05. The molecule has 2 atom stereocenters. The highest BCUT2D eigenvalue weighted by Gasteiger charge is 2.27. The van der Waals surface area contributed by atoms with Crippen LogP contribution in [0.4, 0.5) is 0 Å². The number of esters is 1. The molecule has 0 saturated carbocycles. The topological polar surface area (TPSA) is 81.4 Å². The summed E-state index contributed by atoms with van der Waals surface area (Å²) in [5.41, 5.74) is 7.77. The van der Waals surface area contributed by atoms with Gasteiger partial charge in [-0.05, 0) is 23.6 Å². The van der Waals surface area contributed by atoms with Gasteiger partial charge in [-0.3, -0.25) is 4.79 Å². The van der Waals surface area contributed by atoms with Crippen LogP contribution in [0.15, 0.2) is 54.1 Å². The van der Waals surface area contributed by atoms with Crippen molar-refractivity contribution in [1.29, 1.82) is 0 Å². The third kappa shape index (κ3) is 6.16. The minimum atomic E-state index is -0.939. The molecule has 3 N–H and O–H groups in total. The van der Waals surface area contributed by atoms with E-state index in [0.29, 0.717) is 12.8 Å². The van der Waals surface area contributed by atoms with E-state index in [1.807, 2.05) is 36.4 Å². The Balaban J connectivity index is 1.99. The Labute approximate surface area is 163 Å². The number of halogens is 2. The number of alkyl halides is 2. The van der Waals surface area contributed by atoms with Crippen molar-refractivity contribution in [3.05, 3.63) is 59.7 Å². The highest BCUT2D eigenvalue weighted by atomic mass is 35.5. The fraction of sp³-hybridized carbons (Fsp3) is 0.368. The first-order chi connectivity index (χ1) is 12.3. The van der Waals surface area contributed by atoms with Crippen molar-refractivity contribution >= 4 is 35.1 Å². The van der Waals surface area contributed by atoms with Gasteiger partial charge in [-0.15, -0.1) is 0 Å². The van der Waals surface area contributed by atoms with Crippen LogP contribution in [-0.4, -0.2) is 35.4 Å². The Hall–Kier alpha value is -1.82. The van der Waals surface area contributed by atoms with Gasteiger partial charge >= 0.3 is 5.97 Å². The van der Waals surface area contributed by atoms with E-state index in [2.05, 4.69) is 5.32 Å². The maximum absolute atomic E-state index is 12.4. The quantitative estimate of drug-likeness (QED) is 0.548. The maximum atomic E-state index is 12.4. The number of allylic oxidation sites excluding steroid dienone is 3. The van der Waals surface area contributed by atoms with Gasteiger partial charge in [0, 0.05) is 12.8 Å². The summed E-state index contributed by atoms with van der Waals surface area (Å²) in [6, 6.07) is 7.85. The van der Waals surface area contributed by atoms with E-state index in [9.17, 15) is 9.59 Å². The van der Waals surface area contributed by atoms with Crippen LogP contribution >= 0.6 is 23.2 Å². The lowest BCUT2D eigenvalue weighted by molar-refractivity contribution is -0.145. The van der Waals surface area contributed by atoms with Crippen LogP contribution in [0.3, 0.4) is 0 Å². The van der Waals surface area contributed by atoms with Crippen molar-refractivity contribution in [1.82, 2.24) is 5.32 Å². The molecule has 1 aliphatic rings. The fourth-order valence-electron chi connectivity index (χ4n) is 2.59. The molecule has 1 amide bonds. The highest BCUT2D eigenvalue weighted by molar-refractivity contribution is 6.50. The summed E-state index contributed by atoms with van der Waals surface area (Å²) in [5, 5.41) is 2.68. The summed E-state index contributed by atoms with van der Waals surface area (Å²) in [5.74, 6) is -0.943. The van der Waals surface area contributed by atoms with E-state index in [1.165, 1.54) is 7.11 Å². The van der Waals surface area contributed by atoms with Crippen molar-refractivity contribution in [2.24, 2.45) is 5.73 Å². The summed E-state index contributed by atoms with van der Waals surface area (Å²) >= 11 is 12.0. The first-order valence-electron chi connectivity index (χ1n) is 8.24. The molecular weight excluding hydrogens is 375 g/mol. The van der Waals surface area contributed by atoms with Gasteiger partial charge in [0.2, 0.25) is 5.91 Å². The van der Waals surface area contributed by atoms with E-state index in [1.54, 1.807) is 12.2 Å². The van der Waals surface area contributed by atoms with E-state index in [4.69, 9.17) is 33.7 Å². The van der Waals surface area contributed by atoms with Crippen LogP contribution in [0.2, 0.25) is 0 Å². The molecule has 0 aliphatic heterocycles. The summed E-state index contributed by atoms with van der Waals surface area (Å²) in [7, 11) is 1.28. The molecule has 140 valence electrons. The van der Waals surface area contributed by atoms with Crippen molar-refractivity contribution in [3.8, 4) is 0 Å². The van der Waals surface area contributed by atoms with Gasteiger partial charge in [0.25, 0.3) is 0 Å². The molecule has 1 aromatic rings. The SMILES string of the molecule is COC(=O)[C@H](CC1=CCC(Cl)(Cl)C=C1)NC(=O)[C@@H](N)Cc1ccccc1. The molecule has 0 heterocycles. The second-order valence-electron chi connectivity index (χ2n) is 6.16. The number of hydrogen-bond donors (Lipinski definition) is 2. The molecule has 0 radical (unpaired) electrons. The average molecular weight is 397 g/mol. The number of benzene rings is 1. The van der Waals surface area contributed by atoms with Gasteiger partial charge < -0.3 is 15.8 Å². The fourth-order valence-corrected chi connectivity index (χ4v) is 2.87. The minimum absolute atomic E-state index is 0.275. The Morgan fingerprint density at radius 2 is 1.96 bits per heavy atom. The summed E-state index contributed by atoms with van der Waals surface area (Å²) in [4.78, 5) is 24.4. The van der Waals surface area contributed by atoms with Crippen LogP contribution in [-0.2, 0) is 20.7 Å². The van der Waals surface area contributed by atoms with Crippen LogP contribution in [0.25, 0.3) is 0 Å². The van der Waals surface area contributed by atoms with Crippen LogP contribution < -0.4 is 11.1 Å². The Morgan fingerprint density at radius 1 is 1.27 bits per heavy atom. The van der Waals surface area contributed by atoms with E-state index in [-0.39, 0.29) is 6.42 Å². The minimum Gasteiger partial charge on any atom is -0.467 e. The number of rotatable bonds is 7. The van der Waals surface area contributed by atoms with E-state index in [0.717, 1.165) is 11.1 Å². The number of nitrogens with two attached hydrogens (primary N) is 1. The van der Waals surface area contributed by atoms with Gasteiger partial charge in [0.1, 0.15) is 10.4 Å². The number of carbonyl (C=O) groups excluding carboxylic acids is 2. The van der Waals surface area contributed by atoms with Gasteiger partial charge in [-0.1, -0.05) is 65.7 Å². The molecule has 1 aliphatic carbocycles. The van der Waals surface area contributed by atoms with Crippen molar-refractivity contribution in [2.75, 3.05) is 7.11 Å². The Morgan fingerprint density at radius 3 is 2.54 bits per heavy atom. The molecule has 0 unspecified atom stereocenters. The largest absolute Gasteiger partial charge is 0.467 e. The zero-order valence-corrected chi connectivity index (χ0v) is 16.0. The van der Waals surface area contributed by atoms with Crippen LogP contribution in [0.5, 0.6) is 0 Å². The number of carbonyl (C=O) groups is 2. The van der Waals surface area contributed by atoms with Crippen molar-refractivity contribution in [2.45, 2.75) is 35.7 Å². The second-order valence-corrected chi connectivity index (χ2v) is 7.70. The number of amides is 1. The molecule has 5 nitrogen and oxygen atoms in total. The molecular formula is C19H22Cl2N2O3. The first-order valence-corrected chi connectivity index (χ1v) is 9.00. The van der Waals surface area contributed by atoms with E-state index < -0.39 is 28.3 Å². The molecule has 0 bridgehead atoms. The molecule has 1 aromatic carbocycles. The van der Waals surface area contributed by atoms with Gasteiger partial charge in [-0.25, -0.2) is 4.79 Å². The number of ether oxygens (including phenoxy) is 1. The predicted octanol–water partition coefficient (Wildman–Crippen LogP) is 2.66. The second kappa shape index (κ2) is 9.21. The van der Waals surface area contributed by atoms with Crippen LogP contribution in [0, 0.1) is 0 Å². The molecule has 0 fully saturated rings. The average Bonchev–Trinajstić information content (AvgIpc) is 2.62. The predicted molar refractivity (Wildman–Crippen MR) is 103 cm³/mol. The highest BCUT2D eigenvalue weighted by Crippen LogP contribution is 2.32. The van der Waals surface area contributed by atoms with Crippen molar-refractivity contribution < 1.29 is 14.3 Å². The molecule has 26 heavy (non-hydrogen) atoms. The standard InChI is InChI=1S/C19H22Cl2N2O3/c1-26-18(25)16(12-14-7-9-19(20,21)10-8-14)23-17(24)15(22)11-13-5-3-2-4-6-13/h2-9,15-16H,10-12,22H2,1H3,(H,23,24)/t15-,16-/m0/s1. The lowest BCUT2D eigenvalue weighted by atomic mass is 9.99. The number of methoxy groups -OCH3 is 1. The first kappa shape index (κ1) is 20.5. The Bertz CT molecular complexity index is 702. The number of nitrogens with one attached hydrogen (secondary N) is 1. The smallest absolute Gasteiger partial charge is 0.328 e. The zero-order chi connectivity index (χ0) is 19.2.